The van der Waals surface area contributed by atoms with Crippen LogP contribution in [0.3, 0.4) is 0 Å². The number of amides is 1. The molecule has 4 nitrogen and oxygen atoms in total. The van der Waals surface area contributed by atoms with E-state index < -0.39 is 11.2 Å². The predicted molar refractivity (Wildman–Crippen MR) is 109 cm³/mol. The van der Waals surface area contributed by atoms with Crippen molar-refractivity contribution in [2.24, 2.45) is 0 Å². The second-order valence-corrected chi connectivity index (χ2v) is 8.80. The van der Waals surface area contributed by atoms with Crippen LogP contribution in [0.2, 0.25) is 0 Å². The van der Waals surface area contributed by atoms with Crippen LogP contribution in [0.5, 0.6) is 0 Å². The van der Waals surface area contributed by atoms with Gasteiger partial charge < -0.3 is 14.7 Å². The zero-order chi connectivity index (χ0) is 19.7. The summed E-state index contributed by atoms with van der Waals surface area (Å²) >= 11 is 3.44. The summed E-state index contributed by atoms with van der Waals surface area (Å²) < 4.78 is 7.04. The fourth-order valence-corrected chi connectivity index (χ4v) is 4.08. The van der Waals surface area contributed by atoms with E-state index in [4.69, 9.17) is 4.74 Å². The van der Waals surface area contributed by atoms with E-state index in [2.05, 4.69) is 15.9 Å². The number of hydrogen-bond donors (Lipinski definition) is 1. The molecule has 1 saturated heterocycles. The quantitative estimate of drug-likeness (QED) is 0.688. The van der Waals surface area contributed by atoms with Gasteiger partial charge in [0.25, 0.3) is 0 Å². The first-order valence-corrected chi connectivity index (χ1v) is 10.0. The van der Waals surface area contributed by atoms with Crippen LogP contribution < -0.4 is 0 Å². The summed E-state index contributed by atoms with van der Waals surface area (Å²) in [5.74, 6) is 0. The Labute approximate surface area is 169 Å². The lowest BCUT2D eigenvalue weighted by molar-refractivity contribution is -0.101. The van der Waals surface area contributed by atoms with Gasteiger partial charge in [0.05, 0.1) is 11.6 Å². The van der Waals surface area contributed by atoms with Crippen molar-refractivity contribution in [3.63, 3.8) is 0 Å². The van der Waals surface area contributed by atoms with E-state index in [0.717, 1.165) is 15.6 Å². The van der Waals surface area contributed by atoms with Gasteiger partial charge in [0, 0.05) is 23.9 Å². The molecule has 0 aliphatic carbocycles. The zero-order valence-electron chi connectivity index (χ0n) is 16.0. The third kappa shape index (κ3) is 4.53. The van der Waals surface area contributed by atoms with Crippen molar-refractivity contribution in [2.45, 2.75) is 50.9 Å². The van der Waals surface area contributed by atoms with E-state index >= 15 is 0 Å². The SMILES string of the molecule is C[C@@H](c1ccc(Br)cc1)N1CCC(CC(C)(C)O)(c2ccccc2)OC1=O. The Morgan fingerprint density at radius 2 is 1.81 bits per heavy atom. The van der Waals surface area contributed by atoms with Gasteiger partial charge >= 0.3 is 6.09 Å². The number of ether oxygens (including phenoxy) is 1. The standard InChI is InChI=1S/C22H26BrNO3/c1-16(17-9-11-19(23)12-10-17)24-14-13-22(27-20(24)25,15-21(2,3)26)18-7-5-4-6-8-18/h4-12,16,26H,13-15H2,1-3H3/t16-,22?/m0/s1. The van der Waals surface area contributed by atoms with Crippen LogP contribution in [0.1, 0.15) is 50.8 Å². The lowest BCUT2D eigenvalue weighted by Gasteiger charge is -2.45. The van der Waals surface area contributed by atoms with E-state index in [1.54, 1.807) is 18.7 Å². The normalized spacial score (nSPS) is 21.7. The Bertz CT molecular complexity index is 785. The van der Waals surface area contributed by atoms with Crippen molar-refractivity contribution in [1.82, 2.24) is 4.90 Å². The molecule has 1 amide bonds. The molecular weight excluding hydrogens is 406 g/mol. The molecule has 0 aromatic heterocycles. The summed E-state index contributed by atoms with van der Waals surface area (Å²) in [6, 6.07) is 17.6. The van der Waals surface area contributed by atoms with Gasteiger partial charge in [0.1, 0.15) is 5.60 Å². The summed E-state index contributed by atoms with van der Waals surface area (Å²) in [5.41, 5.74) is 0.226. The Morgan fingerprint density at radius 1 is 1.19 bits per heavy atom. The van der Waals surface area contributed by atoms with Crippen LogP contribution in [0.15, 0.2) is 59.1 Å². The number of aliphatic hydroxyl groups is 1. The molecule has 27 heavy (non-hydrogen) atoms. The minimum absolute atomic E-state index is 0.0819. The molecule has 1 unspecified atom stereocenters. The predicted octanol–water partition coefficient (Wildman–Crippen LogP) is 5.41. The average molecular weight is 432 g/mol. The minimum atomic E-state index is -0.949. The molecule has 1 aliphatic heterocycles. The third-order valence-electron chi connectivity index (χ3n) is 5.11. The first-order valence-electron chi connectivity index (χ1n) is 9.23. The fourth-order valence-electron chi connectivity index (χ4n) is 3.81. The van der Waals surface area contributed by atoms with Gasteiger partial charge in [-0.05, 0) is 44.0 Å². The Hall–Kier alpha value is -1.85. The molecule has 1 heterocycles. The molecule has 0 spiro atoms. The monoisotopic (exact) mass is 431 g/mol. The Kier molecular flexibility index (Phi) is 5.63. The molecule has 2 aromatic rings. The highest BCUT2D eigenvalue weighted by molar-refractivity contribution is 9.10. The number of nitrogens with zero attached hydrogens (tertiary/aromatic N) is 1. The third-order valence-corrected chi connectivity index (χ3v) is 5.64. The summed E-state index contributed by atoms with van der Waals surface area (Å²) in [6.45, 7) is 6.09. The molecule has 144 valence electrons. The van der Waals surface area contributed by atoms with Crippen LogP contribution in [0.25, 0.3) is 0 Å². The number of hydrogen-bond acceptors (Lipinski definition) is 3. The van der Waals surface area contributed by atoms with Gasteiger partial charge in [-0.2, -0.15) is 0 Å². The maximum Gasteiger partial charge on any atom is 0.411 e. The number of halogens is 1. The zero-order valence-corrected chi connectivity index (χ0v) is 17.6. The highest BCUT2D eigenvalue weighted by Crippen LogP contribution is 2.42. The van der Waals surface area contributed by atoms with Crippen molar-refractivity contribution >= 4 is 22.0 Å². The number of carbonyl (C=O) groups is 1. The van der Waals surface area contributed by atoms with Crippen molar-refractivity contribution in [3.8, 4) is 0 Å². The average Bonchev–Trinajstić information content (AvgIpc) is 2.61. The Balaban J connectivity index is 1.85. The number of benzene rings is 2. The van der Waals surface area contributed by atoms with E-state index in [1.165, 1.54) is 0 Å². The van der Waals surface area contributed by atoms with Crippen LogP contribution in [-0.2, 0) is 10.3 Å². The maximum atomic E-state index is 13.0. The van der Waals surface area contributed by atoms with Gasteiger partial charge in [-0.25, -0.2) is 4.79 Å². The first kappa shape index (κ1) is 19.9. The molecule has 0 radical (unpaired) electrons. The van der Waals surface area contributed by atoms with Crippen molar-refractivity contribution in [2.75, 3.05) is 6.54 Å². The van der Waals surface area contributed by atoms with Gasteiger partial charge in [0.15, 0.2) is 0 Å². The van der Waals surface area contributed by atoms with Gasteiger partial charge in [-0.15, -0.1) is 0 Å². The number of cyclic esters (lactones) is 1. The molecular formula is C22H26BrNO3. The van der Waals surface area contributed by atoms with E-state index in [1.807, 2.05) is 61.5 Å². The molecule has 2 aromatic carbocycles. The number of rotatable bonds is 5. The summed E-state index contributed by atoms with van der Waals surface area (Å²) in [7, 11) is 0. The van der Waals surface area contributed by atoms with Crippen molar-refractivity contribution < 1.29 is 14.6 Å². The summed E-state index contributed by atoms with van der Waals surface area (Å²) in [5, 5.41) is 10.5. The van der Waals surface area contributed by atoms with Gasteiger partial charge in [-0.1, -0.05) is 58.4 Å². The van der Waals surface area contributed by atoms with Crippen molar-refractivity contribution in [3.05, 3.63) is 70.2 Å². The Morgan fingerprint density at radius 3 is 2.37 bits per heavy atom. The summed E-state index contributed by atoms with van der Waals surface area (Å²) in [4.78, 5) is 14.7. The van der Waals surface area contributed by atoms with Crippen LogP contribution in [-0.4, -0.2) is 28.2 Å². The lowest BCUT2D eigenvalue weighted by Crippen LogP contribution is -2.51. The molecule has 1 aliphatic rings. The summed E-state index contributed by atoms with van der Waals surface area (Å²) in [6.07, 6.45) is 0.647. The highest BCUT2D eigenvalue weighted by Gasteiger charge is 2.46. The smallest absolute Gasteiger partial charge is 0.411 e. The van der Waals surface area contributed by atoms with Crippen LogP contribution in [0.4, 0.5) is 4.79 Å². The van der Waals surface area contributed by atoms with E-state index in [-0.39, 0.29) is 12.1 Å². The first-order chi connectivity index (χ1) is 12.7. The van der Waals surface area contributed by atoms with Crippen LogP contribution in [0, 0.1) is 0 Å². The van der Waals surface area contributed by atoms with E-state index in [9.17, 15) is 9.90 Å². The van der Waals surface area contributed by atoms with E-state index in [0.29, 0.717) is 19.4 Å². The highest BCUT2D eigenvalue weighted by atomic mass is 79.9. The topological polar surface area (TPSA) is 49.8 Å². The fraction of sp³-hybridized carbons (Fsp3) is 0.409. The molecule has 1 fully saturated rings. The molecule has 2 atom stereocenters. The van der Waals surface area contributed by atoms with Gasteiger partial charge in [0.2, 0.25) is 0 Å². The molecule has 0 bridgehead atoms. The maximum absolute atomic E-state index is 13.0. The van der Waals surface area contributed by atoms with Gasteiger partial charge in [-0.3, -0.25) is 0 Å². The van der Waals surface area contributed by atoms with Crippen molar-refractivity contribution in [1.29, 1.82) is 0 Å². The minimum Gasteiger partial charge on any atom is -0.438 e. The molecule has 1 N–H and O–H groups in total. The second kappa shape index (κ2) is 7.64. The lowest BCUT2D eigenvalue weighted by atomic mass is 9.80. The number of carbonyl (C=O) groups excluding carboxylic acids is 1. The molecule has 3 rings (SSSR count). The molecule has 5 heteroatoms. The van der Waals surface area contributed by atoms with Crippen LogP contribution >= 0.6 is 15.9 Å². The second-order valence-electron chi connectivity index (χ2n) is 7.89. The molecule has 0 saturated carbocycles. The largest absolute Gasteiger partial charge is 0.438 e.